The van der Waals surface area contributed by atoms with Crippen LogP contribution < -0.4 is 10.0 Å². The predicted octanol–water partition coefficient (Wildman–Crippen LogP) is 4.43. The number of aryl methyl sites for hydroxylation is 2. The van der Waals surface area contributed by atoms with Crippen molar-refractivity contribution >= 4 is 27.3 Å². The highest BCUT2D eigenvalue weighted by Gasteiger charge is 2.14. The average Bonchev–Trinajstić information content (AvgIpc) is 2.76. The standard InChI is InChI=1S/C24H23N3O3S/c1-18-2-9-22(10-3-18)27-31(29,30)23-13-6-19(7-14-23)8-15-24(28)26-21-11-4-20(5-12-21)16-17-25/h2-7,9-14,27H,8,15-16H2,1H3,(H,26,28). The van der Waals surface area contributed by atoms with Crippen LogP contribution in [0.5, 0.6) is 0 Å². The van der Waals surface area contributed by atoms with Gasteiger partial charge in [0, 0.05) is 17.8 Å². The van der Waals surface area contributed by atoms with E-state index in [4.69, 9.17) is 5.26 Å². The Bertz CT molecular complexity index is 1180. The van der Waals surface area contributed by atoms with Crippen molar-refractivity contribution in [1.82, 2.24) is 0 Å². The van der Waals surface area contributed by atoms with Crippen LogP contribution in [0.4, 0.5) is 11.4 Å². The van der Waals surface area contributed by atoms with Gasteiger partial charge in [-0.15, -0.1) is 0 Å². The van der Waals surface area contributed by atoms with Crippen LogP contribution in [-0.2, 0) is 27.7 Å². The number of amides is 1. The van der Waals surface area contributed by atoms with E-state index in [-0.39, 0.29) is 17.2 Å². The van der Waals surface area contributed by atoms with Crippen LogP contribution in [0.15, 0.2) is 77.7 Å². The van der Waals surface area contributed by atoms with Gasteiger partial charge in [0.15, 0.2) is 0 Å². The molecule has 0 unspecified atom stereocenters. The minimum Gasteiger partial charge on any atom is -0.326 e. The van der Waals surface area contributed by atoms with Crippen molar-refractivity contribution < 1.29 is 13.2 Å². The number of carbonyl (C=O) groups excluding carboxylic acids is 1. The van der Waals surface area contributed by atoms with Crippen LogP contribution in [0.3, 0.4) is 0 Å². The Kier molecular flexibility index (Phi) is 7.06. The Hall–Kier alpha value is -3.63. The summed E-state index contributed by atoms with van der Waals surface area (Å²) in [6.07, 6.45) is 1.10. The largest absolute Gasteiger partial charge is 0.326 e. The highest BCUT2D eigenvalue weighted by Crippen LogP contribution is 2.18. The Labute approximate surface area is 182 Å². The Morgan fingerprint density at radius 3 is 2.06 bits per heavy atom. The normalized spacial score (nSPS) is 10.8. The first-order valence-corrected chi connectivity index (χ1v) is 11.3. The molecule has 7 heteroatoms. The maximum absolute atomic E-state index is 12.5. The second kappa shape index (κ2) is 9.92. The molecule has 0 radical (unpaired) electrons. The first-order valence-electron chi connectivity index (χ1n) is 9.80. The monoisotopic (exact) mass is 433 g/mol. The minimum absolute atomic E-state index is 0.134. The van der Waals surface area contributed by atoms with Gasteiger partial charge in [0.05, 0.1) is 17.4 Å². The van der Waals surface area contributed by atoms with Crippen LogP contribution in [-0.4, -0.2) is 14.3 Å². The van der Waals surface area contributed by atoms with Gasteiger partial charge in [-0.05, 0) is 60.9 Å². The summed E-state index contributed by atoms with van der Waals surface area (Å²) in [5.41, 5.74) is 4.00. The molecule has 158 valence electrons. The van der Waals surface area contributed by atoms with E-state index in [9.17, 15) is 13.2 Å². The number of anilines is 2. The molecule has 3 rings (SSSR count). The minimum atomic E-state index is -3.67. The van der Waals surface area contributed by atoms with E-state index in [1.807, 2.05) is 31.2 Å². The first-order chi connectivity index (χ1) is 14.9. The molecule has 0 saturated carbocycles. The van der Waals surface area contributed by atoms with E-state index in [1.54, 1.807) is 36.4 Å². The van der Waals surface area contributed by atoms with Crippen molar-refractivity contribution in [2.75, 3.05) is 10.0 Å². The van der Waals surface area contributed by atoms with Gasteiger partial charge in [-0.2, -0.15) is 5.26 Å². The van der Waals surface area contributed by atoms with Crippen LogP contribution >= 0.6 is 0 Å². The molecule has 1 amide bonds. The Balaban J connectivity index is 1.54. The lowest BCUT2D eigenvalue weighted by Crippen LogP contribution is -2.13. The van der Waals surface area contributed by atoms with Crippen LogP contribution in [0.1, 0.15) is 23.1 Å². The number of hydrogen-bond acceptors (Lipinski definition) is 4. The fourth-order valence-corrected chi connectivity index (χ4v) is 4.01. The number of rotatable bonds is 8. The molecule has 0 aliphatic carbocycles. The molecule has 0 aliphatic rings. The molecular weight excluding hydrogens is 410 g/mol. The third-order valence-electron chi connectivity index (χ3n) is 4.70. The fraction of sp³-hybridized carbons (Fsp3) is 0.167. The second-order valence-corrected chi connectivity index (χ2v) is 8.88. The summed E-state index contributed by atoms with van der Waals surface area (Å²) in [5, 5.41) is 11.5. The molecule has 0 aromatic heterocycles. The van der Waals surface area contributed by atoms with Crippen molar-refractivity contribution in [3.8, 4) is 6.07 Å². The summed E-state index contributed by atoms with van der Waals surface area (Å²) in [6, 6.07) is 22.9. The van der Waals surface area contributed by atoms with Crippen molar-refractivity contribution in [2.45, 2.75) is 31.1 Å². The highest BCUT2D eigenvalue weighted by molar-refractivity contribution is 7.92. The van der Waals surface area contributed by atoms with Gasteiger partial charge < -0.3 is 5.32 Å². The van der Waals surface area contributed by atoms with E-state index in [0.717, 1.165) is 16.7 Å². The summed E-state index contributed by atoms with van der Waals surface area (Å²) in [6.45, 7) is 1.93. The number of carbonyl (C=O) groups is 1. The van der Waals surface area contributed by atoms with Gasteiger partial charge in [-0.3, -0.25) is 9.52 Å². The molecule has 2 N–H and O–H groups in total. The van der Waals surface area contributed by atoms with Crippen molar-refractivity contribution in [2.24, 2.45) is 0 Å². The van der Waals surface area contributed by atoms with E-state index in [1.165, 1.54) is 12.1 Å². The number of sulfonamides is 1. The quantitative estimate of drug-likeness (QED) is 0.549. The van der Waals surface area contributed by atoms with E-state index in [2.05, 4.69) is 16.1 Å². The number of nitriles is 1. The van der Waals surface area contributed by atoms with Gasteiger partial charge >= 0.3 is 0 Å². The summed E-state index contributed by atoms with van der Waals surface area (Å²) >= 11 is 0. The molecule has 0 heterocycles. The maximum atomic E-state index is 12.5. The molecule has 0 fully saturated rings. The van der Waals surface area contributed by atoms with Gasteiger partial charge in [0.1, 0.15) is 0 Å². The number of nitrogens with one attached hydrogen (secondary N) is 2. The van der Waals surface area contributed by atoms with E-state index >= 15 is 0 Å². The summed E-state index contributed by atoms with van der Waals surface area (Å²) in [4.78, 5) is 12.3. The molecule has 0 spiro atoms. The van der Waals surface area contributed by atoms with Crippen LogP contribution in [0.2, 0.25) is 0 Å². The molecule has 0 aliphatic heterocycles. The summed E-state index contributed by atoms with van der Waals surface area (Å²) < 4.78 is 27.6. The molecule has 3 aromatic rings. The smallest absolute Gasteiger partial charge is 0.261 e. The zero-order valence-corrected chi connectivity index (χ0v) is 17.9. The molecule has 0 saturated heterocycles. The lowest BCUT2D eigenvalue weighted by atomic mass is 10.1. The van der Waals surface area contributed by atoms with Crippen LogP contribution in [0, 0.1) is 18.3 Å². The molecular formula is C24H23N3O3S. The topological polar surface area (TPSA) is 99.1 Å². The maximum Gasteiger partial charge on any atom is 0.261 e. The number of nitrogens with zero attached hydrogens (tertiary/aromatic N) is 1. The lowest BCUT2D eigenvalue weighted by molar-refractivity contribution is -0.116. The van der Waals surface area contributed by atoms with E-state index in [0.29, 0.717) is 24.2 Å². The number of hydrogen-bond donors (Lipinski definition) is 2. The van der Waals surface area contributed by atoms with E-state index < -0.39 is 10.0 Å². The zero-order valence-electron chi connectivity index (χ0n) is 17.1. The van der Waals surface area contributed by atoms with Crippen molar-refractivity contribution in [1.29, 1.82) is 5.26 Å². The average molecular weight is 434 g/mol. The predicted molar refractivity (Wildman–Crippen MR) is 121 cm³/mol. The first kappa shape index (κ1) is 22.1. The summed E-state index contributed by atoms with van der Waals surface area (Å²) in [7, 11) is -3.67. The Morgan fingerprint density at radius 2 is 1.45 bits per heavy atom. The van der Waals surface area contributed by atoms with Gasteiger partial charge in [0.2, 0.25) is 5.91 Å². The van der Waals surface area contributed by atoms with Crippen molar-refractivity contribution in [3.05, 3.63) is 89.5 Å². The fourth-order valence-electron chi connectivity index (χ4n) is 2.95. The van der Waals surface area contributed by atoms with Gasteiger partial charge in [0.25, 0.3) is 10.0 Å². The SMILES string of the molecule is Cc1ccc(NS(=O)(=O)c2ccc(CCC(=O)Nc3ccc(CC#N)cc3)cc2)cc1. The molecule has 0 atom stereocenters. The third kappa shape index (κ3) is 6.43. The van der Waals surface area contributed by atoms with Crippen molar-refractivity contribution in [3.63, 3.8) is 0 Å². The van der Waals surface area contributed by atoms with Gasteiger partial charge in [-0.1, -0.05) is 42.0 Å². The zero-order chi connectivity index (χ0) is 22.3. The third-order valence-corrected chi connectivity index (χ3v) is 6.10. The Morgan fingerprint density at radius 1 is 0.871 bits per heavy atom. The van der Waals surface area contributed by atoms with Gasteiger partial charge in [-0.25, -0.2) is 8.42 Å². The summed E-state index contributed by atoms with van der Waals surface area (Å²) in [5.74, 6) is -0.134. The molecule has 6 nitrogen and oxygen atoms in total. The molecule has 0 bridgehead atoms. The number of benzene rings is 3. The lowest BCUT2D eigenvalue weighted by Gasteiger charge is -2.09. The highest BCUT2D eigenvalue weighted by atomic mass is 32.2. The van der Waals surface area contributed by atoms with Crippen LogP contribution in [0.25, 0.3) is 0 Å². The molecule has 3 aromatic carbocycles. The molecule has 31 heavy (non-hydrogen) atoms. The second-order valence-electron chi connectivity index (χ2n) is 7.20.